The van der Waals surface area contributed by atoms with Gasteiger partial charge in [0.2, 0.25) is 0 Å². The Morgan fingerprint density at radius 2 is 1.79 bits per heavy atom. The number of aliphatic carboxylic acids is 1. The molecule has 8 heteroatoms. The van der Waals surface area contributed by atoms with Crippen LogP contribution in [0.4, 0.5) is 17.6 Å². The predicted octanol–water partition coefficient (Wildman–Crippen LogP) is 5.99. The van der Waals surface area contributed by atoms with Crippen molar-refractivity contribution >= 4 is 5.97 Å². The third-order valence-corrected chi connectivity index (χ3v) is 6.60. The fourth-order valence-electron chi connectivity index (χ4n) is 4.72. The number of carboxylic acids is 1. The van der Waals surface area contributed by atoms with Crippen molar-refractivity contribution in [3.05, 3.63) is 64.5 Å². The van der Waals surface area contributed by atoms with E-state index in [1.54, 1.807) is 24.3 Å². The Labute approximate surface area is 190 Å². The Kier molecular flexibility index (Phi) is 6.93. The van der Waals surface area contributed by atoms with Crippen LogP contribution in [0.15, 0.2) is 36.4 Å². The summed E-state index contributed by atoms with van der Waals surface area (Å²) in [5.41, 5.74) is 0.553. The van der Waals surface area contributed by atoms with Crippen LogP contribution in [0.2, 0.25) is 0 Å². The zero-order chi connectivity index (χ0) is 23.6. The van der Waals surface area contributed by atoms with Crippen LogP contribution in [0.1, 0.15) is 60.3 Å². The molecule has 178 valence electrons. The van der Waals surface area contributed by atoms with Crippen LogP contribution in [0.25, 0.3) is 0 Å². The van der Waals surface area contributed by atoms with Crippen LogP contribution < -0.4 is 4.74 Å². The van der Waals surface area contributed by atoms with E-state index in [9.17, 15) is 22.4 Å². The van der Waals surface area contributed by atoms with Gasteiger partial charge in [-0.05, 0) is 42.0 Å². The number of carbonyl (C=O) groups is 1. The average Bonchev–Trinajstić information content (AvgIpc) is 2.75. The summed E-state index contributed by atoms with van der Waals surface area (Å²) < 4.78 is 61.2. The summed E-state index contributed by atoms with van der Waals surface area (Å²) >= 11 is 0. The highest BCUT2D eigenvalue weighted by atomic mass is 19.4. The maximum atomic E-state index is 14.5. The molecule has 0 aromatic heterocycles. The Balaban J connectivity index is 1.40. The van der Waals surface area contributed by atoms with Crippen LogP contribution in [-0.4, -0.2) is 29.1 Å². The van der Waals surface area contributed by atoms with E-state index in [1.165, 1.54) is 6.07 Å². The second-order valence-corrected chi connectivity index (χ2v) is 9.03. The summed E-state index contributed by atoms with van der Waals surface area (Å²) in [6, 6.07) is 8.73. The molecular weight excluding hydrogens is 438 g/mol. The molecule has 0 bridgehead atoms. The Morgan fingerprint density at radius 1 is 1.06 bits per heavy atom. The predicted molar refractivity (Wildman–Crippen MR) is 114 cm³/mol. The molecule has 33 heavy (non-hydrogen) atoms. The maximum Gasteiger partial charge on any atom is 0.416 e. The zero-order valence-electron chi connectivity index (χ0n) is 18.2. The number of alkyl halides is 3. The van der Waals surface area contributed by atoms with Crippen molar-refractivity contribution in [3.8, 4) is 5.75 Å². The molecule has 1 heterocycles. The van der Waals surface area contributed by atoms with Crippen molar-refractivity contribution in [2.75, 3.05) is 13.1 Å². The lowest BCUT2D eigenvalue weighted by Crippen LogP contribution is -2.49. The highest BCUT2D eigenvalue weighted by Crippen LogP contribution is 2.41. The van der Waals surface area contributed by atoms with Crippen molar-refractivity contribution in [2.24, 2.45) is 5.92 Å². The van der Waals surface area contributed by atoms with Gasteiger partial charge in [-0.25, -0.2) is 4.39 Å². The number of hydrogen-bond acceptors (Lipinski definition) is 3. The summed E-state index contributed by atoms with van der Waals surface area (Å²) in [7, 11) is 0. The lowest BCUT2D eigenvalue weighted by molar-refractivity contribution is -0.147. The van der Waals surface area contributed by atoms with Crippen LogP contribution >= 0.6 is 0 Å². The molecule has 2 fully saturated rings. The number of ether oxygens (including phenoxy) is 1. The number of nitrogens with zero attached hydrogens (tertiary/aromatic N) is 1. The molecule has 0 unspecified atom stereocenters. The van der Waals surface area contributed by atoms with Crippen molar-refractivity contribution in [1.29, 1.82) is 0 Å². The summed E-state index contributed by atoms with van der Waals surface area (Å²) in [6.45, 7) is 0.962. The molecular formula is C25H27F4NO3. The Morgan fingerprint density at radius 3 is 2.42 bits per heavy atom. The molecule has 1 saturated carbocycles. The summed E-state index contributed by atoms with van der Waals surface area (Å²) in [6.07, 6.45) is 0.0868. The minimum atomic E-state index is -4.44. The van der Waals surface area contributed by atoms with Crippen LogP contribution in [0.3, 0.4) is 0 Å². The first kappa shape index (κ1) is 23.5. The molecule has 2 aromatic rings. The van der Waals surface area contributed by atoms with Crippen LogP contribution in [0.5, 0.6) is 5.75 Å². The van der Waals surface area contributed by atoms with Gasteiger partial charge in [0.1, 0.15) is 18.2 Å². The maximum absolute atomic E-state index is 14.5. The molecule has 2 aliphatic rings. The van der Waals surface area contributed by atoms with E-state index in [4.69, 9.17) is 9.84 Å². The molecule has 4 nitrogen and oxygen atoms in total. The minimum Gasteiger partial charge on any atom is -0.489 e. The second kappa shape index (κ2) is 9.71. The quantitative estimate of drug-likeness (QED) is 0.511. The van der Waals surface area contributed by atoms with Gasteiger partial charge >= 0.3 is 12.1 Å². The topological polar surface area (TPSA) is 49.8 Å². The number of hydrogen-bond donors (Lipinski definition) is 1. The first-order valence-corrected chi connectivity index (χ1v) is 11.3. The lowest BCUT2D eigenvalue weighted by atomic mass is 9.81. The summed E-state index contributed by atoms with van der Waals surface area (Å²) in [5.74, 6) is -1.59. The fraction of sp³-hybridized carbons (Fsp3) is 0.480. The fourth-order valence-corrected chi connectivity index (χ4v) is 4.72. The third kappa shape index (κ3) is 5.66. The number of likely N-dealkylation sites (tertiary alicyclic amines) is 1. The molecule has 1 saturated heterocycles. The van der Waals surface area contributed by atoms with Crippen molar-refractivity contribution < 1.29 is 32.2 Å². The number of halogens is 4. The molecule has 0 amide bonds. The van der Waals surface area contributed by atoms with E-state index >= 15 is 0 Å². The third-order valence-electron chi connectivity index (χ3n) is 6.60. The minimum absolute atomic E-state index is 0.0656. The van der Waals surface area contributed by atoms with E-state index in [0.717, 1.165) is 38.2 Å². The van der Waals surface area contributed by atoms with Gasteiger partial charge in [0.25, 0.3) is 0 Å². The van der Waals surface area contributed by atoms with E-state index < -0.39 is 29.4 Å². The number of benzene rings is 2. The van der Waals surface area contributed by atoms with Gasteiger partial charge in [-0.15, -0.1) is 0 Å². The zero-order valence-corrected chi connectivity index (χ0v) is 18.2. The smallest absolute Gasteiger partial charge is 0.416 e. The Bertz CT molecular complexity index is 996. The van der Waals surface area contributed by atoms with Crippen LogP contribution in [0, 0.1) is 11.7 Å². The molecule has 1 aliphatic carbocycles. The number of rotatable bonds is 7. The standard InChI is InChI=1S/C25H27F4NO3/c26-23-11-20(8-7-18(23)12-30-13-19(14-30)24(31)32)33-15-16-6-9-21(17-4-2-1-3-5-17)22(10-16)25(27,28)29/h6-11,17,19H,1-5,12-15H2,(H,31,32). The average molecular weight is 465 g/mol. The van der Waals surface area contributed by atoms with Crippen LogP contribution in [-0.2, 0) is 24.1 Å². The highest BCUT2D eigenvalue weighted by molar-refractivity contribution is 5.71. The molecule has 1 N–H and O–H groups in total. The largest absolute Gasteiger partial charge is 0.489 e. The van der Waals surface area contributed by atoms with E-state index in [1.807, 2.05) is 4.90 Å². The van der Waals surface area contributed by atoms with E-state index in [-0.39, 0.29) is 18.3 Å². The highest BCUT2D eigenvalue weighted by Gasteiger charge is 2.36. The monoisotopic (exact) mass is 465 g/mol. The van der Waals surface area contributed by atoms with Gasteiger partial charge in [-0.3, -0.25) is 9.69 Å². The van der Waals surface area contributed by atoms with E-state index in [2.05, 4.69) is 0 Å². The SMILES string of the molecule is O=C(O)C1CN(Cc2ccc(OCc3ccc(C4CCCCC4)c(C(F)(F)F)c3)cc2F)C1. The lowest BCUT2D eigenvalue weighted by Gasteiger charge is -2.36. The molecule has 1 aliphatic heterocycles. The molecule has 2 aromatic carbocycles. The second-order valence-electron chi connectivity index (χ2n) is 9.03. The molecule has 0 atom stereocenters. The summed E-state index contributed by atoms with van der Waals surface area (Å²) in [4.78, 5) is 12.7. The van der Waals surface area contributed by atoms with Gasteiger partial charge in [0.05, 0.1) is 11.5 Å². The van der Waals surface area contributed by atoms with Crippen molar-refractivity contribution in [1.82, 2.24) is 4.90 Å². The molecule has 4 rings (SSSR count). The van der Waals surface area contributed by atoms with Gasteiger partial charge < -0.3 is 9.84 Å². The van der Waals surface area contributed by atoms with E-state index in [0.29, 0.717) is 36.3 Å². The number of carboxylic acid groups (broad SMARTS) is 1. The van der Waals surface area contributed by atoms with Gasteiger partial charge in [0.15, 0.2) is 0 Å². The van der Waals surface area contributed by atoms with Gasteiger partial charge in [-0.1, -0.05) is 37.5 Å². The Hall–Kier alpha value is -2.61. The molecule has 0 spiro atoms. The van der Waals surface area contributed by atoms with Gasteiger partial charge in [0, 0.05) is 31.3 Å². The summed E-state index contributed by atoms with van der Waals surface area (Å²) in [5, 5.41) is 8.92. The van der Waals surface area contributed by atoms with Crippen molar-refractivity contribution in [3.63, 3.8) is 0 Å². The van der Waals surface area contributed by atoms with Gasteiger partial charge in [-0.2, -0.15) is 13.2 Å². The molecule has 0 radical (unpaired) electrons. The first-order valence-electron chi connectivity index (χ1n) is 11.3. The normalized spacial score (nSPS) is 18.2. The first-order chi connectivity index (χ1) is 15.7. The van der Waals surface area contributed by atoms with Crippen molar-refractivity contribution in [2.45, 2.75) is 57.3 Å².